The van der Waals surface area contributed by atoms with Gasteiger partial charge in [-0.3, -0.25) is 0 Å². The lowest BCUT2D eigenvalue weighted by Crippen LogP contribution is -2.66. The molecule has 172 valence electrons. The highest BCUT2D eigenvalue weighted by Crippen LogP contribution is 2.71. The molecule has 9 atom stereocenters. The Labute approximate surface area is 173 Å². The minimum atomic E-state index is -5.75. The van der Waals surface area contributed by atoms with Gasteiger partial charge in [-0.25, -0.2) is 4.94 Å². The summed E-state index contributed by atoms with van der Waals surface area (Å²) in [6.45, 7) is 3.76. The summed E-state index contributed by atoms with van der Waals surface area (Å²) in [5.74, 6) is -4.57. The first-order valence-electron chi connectivity index (χ1n) is 11.2. The van der Waals surface area contributed by atoms with Gasteiger partial charge in [-0.2, -0.15) is 32.9 Å². The van der Waals surface area contributed by atoms with Gasteiger partial charge in [-0.15, -0.1) is 0 Å². The highest BCUT2D eigenvalue weighted by atomic mass is 19.4. The number of hydrogen-bond donors (Lipinski definition) is 3. The zero-order chi connectivity index (χ0) is 21.7. The van der Waals surface area contributed by atoms with Crippen molar-refractivity contribution in [1.29, 1.82) is 0 Å². The van der Waals surface area contributed by atoms with Crippen molar-refractivity contribution in [2.75, 3.05) is 0 Å². The third-order valence-electron chi connectivity index (χ3n) is 10.2. The lowest BCUT2D eigenvalue weighted by molar-refractivity contribution is -0.364. The summed E-state index contributed by atoms with van der Waals surface area (Å²) in [6, 6.07) is 0.448. The molecule has 1 aliphatic heterocycles. The lowest BCUT2D eigenvalue weighted by Gasteiger charge is -2.62. The average molecular weight is 438 g/mol. The smallest absolute Gasteiger partial charge is 0.383 e. The van der Waals surface area contributed by atoms with E-state index >= 15 is 0 Å². The normalized spacial score (nSPS) is 53.6. The molecule has 9 heteroatoms. The highest BCUT2D eigenvalue weighted by molar-refractivity contribution is 5.19. The maximum atomic E-state index is 14.5. The van der Waals surface area contributed by atoms with Crippen molar-refractivity contribution in [3.63, 3.8) is 0 Å². The maximum absolute atomic E-state index is 14.5. The van der Waals surface area contributed by atoms with Gasteiger partial charge in [0.2, 0.25) is 0 Å². The molecule has 5 unspecified atom stereocenters. The van der Waals surface area contributed by atoms with Crippen molar-refractivity contribution < 1.29 is 32.0 Å². The first kappa shape index (κ1) is 21.3. The number of hydroxylamine groups is 2. The van der Waals surface area contributed by atoms with Crippen molar-refractivity contribution in [2.45, 2.75) is 95.0 Å². The van der Waals surface area contributed by atoms with Crippen LogP contribution in [-0.2, 0) is 4.94 Å². The van der Waals surface area contributed by atoms with E-state index in [1.807, 2.05) is 0 Å². The van der Waals surface area contributed by atoms with Crippen LogP contribution in [0.1, 0.15) is 65.2 Å². The molecule has 5 aliphatic rings. The summed E-state index contributed by atoms with van der Waals surface area (Å²) >= 11 is 0. The Morgan fingerprint density at radius 2 is 1.57 bits per heavy atom. The van der Waals surface area contributed by atoms with Crippen LogP contribution in [0.25, 0.3) is 0 Å². The van der Waals surface area contributed by atoms with Crippen LogP contribution in [0.2, 0.25) is 0 Å². The molecule has 0 aromatic heterocycles. The molecule has 0 spiro atoms. The van der Waals surface area contributed by atoms with E-state index in [9.17, 15) is 27.1 Å². The Morgan fingerprint density at radius 1 is 0.900 bits per heavy atom. The van der Waals surface area contributed by atoms with Crippen LogP contribution in [0.15, 0.2) is 0 Å². The van der Waals surface area contributed by atoms with Crippen LogP contribution in [0.5, 0.6) is 0 Å². The average Bonchev–Trinajstić information content (AvgIpc) is 3.20. The Morgan fingerprint density at radius 3 is 2.27 bits per heavy atom. The van der Waals surface area contributed by atoms with Crippen molar-refractivity contribution in [2.24, 2.45) is 34.5 Å². The molecule has 5 fully saturated rings. The van der Waals surface area contributed by atoms with Crippen LogP contribution in [0, 0.1) is 34.5 Å². The molecule has 4 aliphatic carbocycles. The summed E-state index contributed by atoms with van der Waals surface area (Å²) in [5, 5.41) is 10.9. The number of fused-ring (bicyclic) bond motifs is 6. The molecular formula is C21H31F5N2O2. The van der Waals surface area contributed by atoms with Crippen molar-refractivity contribution in [1.82, 2.24) is 11.0 Å². The summed E-state index contributed by atoms with van der Waals surface area (Å²) in [5.41, 5.74) is 1.61. The summed E-state index contributed by atoms with van der Waals surface area (Å²) in [6.07, 6.45) is -1.54. The fourth-order valence-corrected chi connectivity index (χ4v) is 8.53. The second kappa shape index (κ2) is 6.29. The van der Waals surface area contributed by atoms with Gasteiger partial charge >= 0.3 is 12.1 Å². The van der Waals surface area contributed by atoms with Gasteiger partial charge in [0.1, 0.15) is 5.60 Å². The molecule has 0 radical (unpaired) electrons. The molecule has 0 aromatic rings. The van der Waals surface area contributed by atoms with E-state index in [4.69, 9.17) is 4.94 Å². The topological polar surface area (TPSA) is 53.5 Å². The van der Waals surface area contributed by atoms with E-state index < -0.39 is 29.5 Å². The number of aliphatic hydroxyl groups is 1. The summed E-state index contributed by atoms with van der Waals surface area (Å²) < 4.78 is 68.9. The van der Waals surface area contributed by atoms with Crippen LogP contribution in [-0.4, -0.2) is 34.9 Å². The quantitative estimate of drug-likeness (QED) is 0.533. The van der Waals surface area contributed by atoms with Gasteiger partial charge in [0, 0.05) is 5.41 Å². The minimum Gasteiger partial charge on any atom is -0.383 e. The summed E-state index contributed by atoms with van der Waals surface area (Å²) in [7, 11) is 0. The van der Waals surface area contributed by atoms with Gasteiger partial charge in [0.05, 0.1) is 12.1 Å². The van der Waals surface area contributed by atoms with Crippen molar-refractivity contribution in [3.05, 3.63) is 0 Å². The molecule has 4 saturated carbocycles. The van der Waals surface area contributed by atoms with Gasteiger partial charge in [-0.1, -0.05) is 13.8 Å². The monoisotopic (exact) mass is 438 g/mol. The third kappa shape index (κ3) is 2.46. The van der Waals surface area contributed by atoms with Crippen LogP contribution in [0.3, 0.4) is 0 Å². The van der Waals surface area contributed by atoms with E-state index in [-0.39, 0.29) is 48.1 Å². The number of hydrogen-bond acceptors (Lipinski definition) is 4. The molecular weight excluding hydrogens is 407 g/mol. The molecule has 1 saturated heterocycles. The fourth-order valence-electron chi connectivity index (χ4n) is 8.53. The Balaban J connectivity index is 1.46. The van der Waals surface area contributed by atoms with E-state index in [0.29, 0.717) is 12.3 Å². The number of rotatable bonds is 1. The molecule has 5 rings (SSSR count). The van der Waals surface area contributed by atoms with Gasteiger partial charge < -0.3 is 5.11 Å². The third-order valence-corrected chi connectivity index (χ3v) is 10.2. The second-order valence-electron chi connectivity index (χ2n) is 11.1. The molecule has 30 heavy (non-hydrogen) atoms. The summed E-state index contributed by atoms with van der Waals surface area (Å²) in [4.78, 5) is 5.24. The number of nitrogens with one attached hydrogen (secondary N) is 2. The predicted molar refractivity (Wildman–Crippen MR) is 98.0 cm³/mol. The van der Waals surface area contributed by atoms with E-state index in [0.717, 1.165) is 25.7 Å². The molecule has 0 aromatic carbocycles. The van der Waals surface area contributed by atoms with Crippen LogP contribution >= 0.6 is 0 Å². The molecule has 0 bridgehead atoms. The highest BCUT2D eigenvalue weighted by Gasteiger charge is 2.79. The number of halogens is 5. The molecule has 4 nitrogen and oxygen atoms in total. The maximum Gasteiger partial charge on any atom is 0.456 e. The fraction of sp³-hybridized carbons (Fsp3) is 1.00. The first-order valence-corrected chi connectivity index (χ1v) is 11.2. The molecule has 0 amide bonds. The zero-order valence-electron chi connectivity index (χ0n) is 17.4. The zero-order valence-corrected chi connectivity index (χ0v) is 17.4. The Hall–Kier alpha value is -0.510. The van der Waals surface area contributed by atoms with Crippen molar-refractivity contribution in [3.8, 4) is 0 Å². The molecule has 3 N–H and O–H groups in total. The Bertz CT molecular complexity index is 720. The van der Waals surface area contributed by atoms with E-state index in [1.165, 1.54) is 6.92 Å². The van der Waals surface area contributed by atoms with Gasteiger partial charge in [0.25, 0.3) is 0 Å². The Kier molecular flexibility index (Phi) is 4.48. The largest absolute Gasteiger partial charge is 0.456 e. The second-order valence-corrected chi connectivity index (χ2v) is 11.1. The lowest BCUT2D eigenvalue weighted by atomic mass is 9.43. The number of alkyl halides is 5. The van der Waals surface area contributed by atoms with E-state index in [1.54, 1.807) is 0 Å². The van der Waals surface area contributed by atoms with Crippen LogP contribution in [0.4, 0.5) is 22.0 Å². The first-order chi connectivity index (χ1) is 13.9. The van der Waals surface area contributed by atoms with E-state index in [2.05, 4.69) is 17.9 Å². The van der Waals surface area contributed by atoms with Crippen LogP contribution < -0.4 is 11.0 Å². The van der Waals surface area contributed by atoms with Crippen molar-refractivity contribution >= 4 is 0 Å². The standard InChI is InChI=1S/C21H31F5N2O2/c1-17-10-16-15(27-30-28-16)9-11(17)3-4-12-13(17)5-7-18(2)14(12)6-8-19(18,29)20(22,23)21(24,25)26/h11-16,27-29H,3-10H2,1-2H3/t11-,12?,13?,14?,15?,16?,17+,18+,19+/m1/s1. The van der Waals surface area contributed by atoms with Gasteiger partial charge in [-0.05, 0) is 80.5 Å². The SMILES string of the molecule is C[C@]12CCC3C(CC[C@@H]4CC5NONC5C[C@]34C)C1CC[C@@]2(O)C(F)(F)C(F)(F)F. The van der Waals surface area contributed by atoms with Gasteiger partial charge in [0.15, 0.2) is 0 Å². The predicted octanol–water partition coefficient (Wildman–Crippen LogP) is 4.34. The minimum absolute atomic E-state index is 0.00104. The molecule has 1 heterocycles.